The summed E-state index contributed by atoms with van der Waals surface area (Å²) >= 11 is 0. The zero-order chi connectivity index (χ0) is 12.4. The molecule has 17 heavy (non-hydrogen) atoms. The summed E-state index contributed by atoms with van der Waals surface area (Å²) in [7, 11) is 0. The molecule has 1 saturated heterocycles. The zero-order valence-corrected chi connectivity index (χ0v) is 9.89. The number of carbonyl (C=O) groups is 3. The van der Waals surface area contributed by atoms with Crippen LogP contribution < -0.4 is 0 Å². The van der Waals surface area contributed by atoms with Crippen LogP contribution in [0, 0.1) is 0 Å². The molecule has 2 aliphatic rings. The Morgan fingerprint density at radius 2 is 1.65 bits per heavy atom. The maximum absolute atomic E-state index is 12.1. The Morgan fingerprint density at radius 3 is 2.18 bits per heavy atom. The van der Waals surface area contributed by atoms with E-state index in [2.05, 4.69) is 0 Å². The molecule has 1 fully saturated rings. The number of hydrogen-bond donors (Lipinski definition) is 0. The first-order valence-electron chi connectivity index (χ1n) is 5.95. The number of carbonyl (C=O) groups excluding carboxylic acids is 3. The quantitative estimate of drug-likeness (QED) is 0.648. The maximum atomic E-state index is 12.1. The smallest absolute Gasteiger partial charge is 0.254 e. The first-order chi connectivity index (χ1) is 8.11. The Hall–Kier alpha value is -1.65. The van der Waals surface area contributed by atoms with Crippen molar-refractivity contribution < 1.29 is 14.4 Å². The fraction of sp³-hybridized carbons (Fsp3) is 0.583. The lowest BCUT2D eigenvalue weighted by molar-refractivity contribution is -0.149. The van der Waals surface area contributed by atoms with Gasteiger partial charge in [-0.2, -0.15) is 0 Å². The molecule has 92 valence electrons. The van der Waals surface area contributed by atoms with E-state index in [0.29, 0.717) is 0 Å². The Bertz CT molecular complexity index is 365. The zero-order valence-electron chi connectivity index (χ0n) is 9.89. The van der Waals surface area contributed by atoms with Crippen LogP contribution >= 0.6 is 0 Å². The van der Waals surface area contributed by atoms with E-state index in [0.717, 1.165) is 37.3 Å². The van der Waals surface area contributed by atoms with Crippen molar-refractivity contribution in [2.45, 2.75) is 32.2 Å². The summed E-state index contributed by atoms with van der Waals surface area (Å²) in [5, 5.41) is 0. The minimum atomic E-state index is -0.692. The van der Waals surface area contributed by atoms with Gasteiger partial charge in [0.2, 0.25) is 5.91 Å². The third-order valence-corrected chi connectivity index (χ3v) is 3.26. The molecule has 0 radical (unpaired) electrons. The van der Waals surface area contributed by atoms with Gasteiger partial charge in [-0.1, -0.05) is 0 Å². The highest BCUT2D eigenvalue weighted by atomic mass is 16.2. The van der Waals surface area contributed by atoms with Crippen LogP contribution in [-0.4, -0.2) is 46.7 Å². The molecule has 2 heterocycles. The van der Waals surface area contributed by atoms with E-state index < -0.39 is 17.9 Å². The number of hydrogen-bond acceptors (Lipinski definition) is 3. The molecule has 3 amide bonds. The van der Waals surface area contributed by atoms with Gasteiger partial charge in [-0.05, 0) is 26.2 Å². The molecule has 5 nitrogen and oxygen atoms in total. The van der Waals surface area contributed by atoms with Gasteiger partial charge in [0.25, 0.3) is 11.8 Å². The van der Waals surface area contributed by atoms with Crippen molar-refractivity contribution >= 4 is 17.7 Å². The average molecular weight is 236 g/mol. The van der Waals surface area contributed by atoms with Crippen LogP contribution in [0.4, 0.5) is 0 Å². The summed E-state index contributed by atoms with van der Waals surface area (Å²) in [6.07, 6.45) is 5.56. The van der Waals surface area contributed by atoms with E-state index in [1.807, 2.05) is 0 Å². The number of rotatable bonds is 2. The topological polar surface area (TPSA) is 57.7 Å². The monoisotopic (exact) mass is 236 g/mol. The Labute approximate surface area is 100 Å². The molecule has 2 rings (SSSR count). The molecule has 0 aromatic rings. The minimum Gasteiger partial charge on any atom is -0.341 e. The van der Waals surface area contributed by atoms with Crippen molar-refractivity contribution in [3.63, 3.8) is 0 Å². The lowest BCUT2D eigenvalue weighted by atomic mass is 10.1. The van der Waals surface area contributed by atoms with Gasteiger partial charge in [0.05, 0.1) is 0 Å². The van der Waals surface area contributed by atoms with Gasteiger partial charge < -0.3 is 4.90 Å². The second-order valence-electron chi connectivity index (χ2n) is 4.44. The summed E-state index contributed by atoms with van der Waals surface area (Å²) in [5.41, 5.74) is 0. The predicted molar refractivity (Wildman–Crippen MR) is 60.9 cm³/mol. The summed E-state index contributed by atoms with van der Waals surface area (Å²) in [5.74, 6) is -0.921. The molecule has 0 aromatic carbocycles. The number of amides is 3. The fourth-order valence-corrected chi connectivity index (χ4v) is 2.28. The number of nitrogens with zero attached hydrogens (tertiary/aromatic N) is 2. The SMILES string of the molecule is CC(C(=O)N1CCCCC1)N1C(=O)C=CC1=O. The molecule has 5 heteroatoms. The first kappa shape index (κ1) is 11.8. The van der Waals surface area contributed by atoms with Crippen LogP contribution in [0.2, 0.25) is 0 Å². The molecular weight excluding hydrogens is 220 g/mol. The third-order valence-electron chi connectivity index (χ3n) is 3.26. The van der Waals surface area contributed by atoms with Crippen molar-refractivity contribution in [2.24, 2.45) is 0 Å². The largest absolute Gasteiger partial charge is 0.341 e. The van der Waals surface area contributed by atoms with Gasteiger partial charge in [0.15, 0.2) is 0 Å². The van der Waals surface area contributed by atoms with Gasteiger partial charge in [-0.3, -0.25) is 19.3 Å². The van der Waals surface area contributed by atoms with Crippen LogP contribution in [0.5, 0.6) is 0 Å². The average Bonchev–Trinajstić information content (AvgIpc) is 2.68. The van der Waals surface area contributed by atoms with Gasteiger partial charge >= 0.3 is 0 Å². The first-order valence-corrected chi connectivity index (χ1v) is 5.95. The Kier molecular flexibility index (Phi) is 3.26. The summed E-state index contributed by atoms with van der Waals surface area (Å²) in [6.45, 7) is 3.07. The lowest BCUT2D eigenvalue weighted by Gasteiger charge is -2.31. The normalized spacial score (nSPS) is 22.2. The molecule has 0 aromatic heterocycles. The Morgan fingerprint density at radius 1 is 1.12 bits per heavy atom. The highest BCUT2D eigenvalue weighted by Crippen LogP contribution is 2.15. The van der Waals surface area contributed by atoms with Crippen molar-refractivity contribution in [3.05, 3.63) is 12.2 Å². The standard InChI is InChI=1S/C12H16N2O3/c1-9(14-10(15)5-6-11(14)16)12(17)13-7-3-2-4-8-13/h5-6,9H,2-4,7-8H2,1H3. The van der Waals surface area contributed by atoms with E-state index in [9.17, 15) is 14.4 Å². The maximum Gasteiger partial charge on any atom is 0.254 e. The van der Waals surface area contributed by atoms with Crippen LogP contribution in [0.1, 0.15) is 26.2 Å². The molecule has 0 saturated carbocycles. The second-order valence-corrected chi connectivity index (χ2v) is 4.44. The highest BCUT2D eigenvalue weighted by molar-refractivity contribution is 6.15. The molecule has 0 bridgehead atoms. The summed E-state index contributed by atoms with van der Waals surface area (Å²) < 4.78 is 0. The number of imide groups is 1. The van der Waals surface area contributed by atoms with Crippen LogP contribution in [0.15, 0.2) is 12.2 Å². The minimum absolute atomic E-state index is 0.130. The van der Waals surface area contributed by atoms with Crippen LogP contribution in [0.25, 0.3) is 0 Å². The highest BCUT2D eigenvalue weighted by Gasteiger charge is 2.34. The van der Waals surface area contributed by atoms with Gasteiger partial charge in [-0.25, -0.2) is 0 Å². The van der Waals surface area contributed by atoms with Crippen molar-refractivity contribution in [3.8, 4) is 0 Å². The lowest BCUT2D eigenvalue weighted by Crippen LogP contribution is -2.50. The van der Waals surface area contributed by atoms with Crippen molar-refractivity contribution in [1.82, 2.24) is 9.80 Å². The molecular formula is C12H16N2O3. The molecule has 1 atom stereocenters. The van der Waals surface area contributed by atoms with Crippen LogP contribution in [-0.2, 0) is 14.4 Å². The molecule has 0 aliphatic carbocycles. The van der Waals surface area contributed by atoms with Crippen molar-refractivity contribution in [2.75, 3.05) is 13.1 Å². The summed E-state index contributed by atoms with van der Waals surface area (Å²) in [6, 6.07) is -0.692. The molecule has 2 aliphatic heterocycles. The molecule has 0 spiro atoms. The van der Waals surface area contributed by atoms with E-state index in [-0.39, 0.29) is 5.91 Å². The van der Waals surface area contributed by atoms with E-state index in [1.54, 1.807) is 11.8 Å². The molecule has 0 N–H and O–H groups in total. The van der Waals surface area contributed by atoms with E-state index >= 15 is 0 Å². The summed E-state index contributed by atoms with van der Waals surface area (Å²) in [4.78, 5) is 37.8. The predicted octanol–water partition coefficient (Wildman–Crippen LogP) is 0.312. The second kappa shape index (κ2) is 4.69. The van der Waals surface area contributed by atoms with Gasteiger partial charge in [0.1, 0.15) is 6.04 Å². The van der Waals surface area contributed by atoms with Crippen LogP contribution in [0.3, 0.4) is 0 Å². The Balaban J connectivity index is 2.04. The number of likely N-dealkylation sites (tertiary alicyclic amines) is 1. The van der Waals surface area contributed by atoms with Crippen molar-refractivity contribution in [1.29, 1.82) is 0 Å². The van der Waals surface area contributed by atoms with E-state index in [4.69, 9.17) is 0 Å². The van der Waals surface area contributed by atoms with Gasteiger partial charge in [-0.15, -0.1) is 0 Å². The fourth-order valence-electron chi connectivity index (χ4n) is 2.28. The third kappa shape index (κ3) is 2.23. The van der Waals surface area contributed by atoms with E-state index in [1.165, 1.54) is 12.2 Å². The number of piperidine rings is 1. The van der Waals surface area contributed by atoms with Gasteiger partial charge in [0, 0.05) is 25.2 Å². The molecule has 1 unspecified atom stereocenters.